The summed E-state index contributed by atoms with van der Waals surface area (Å²) < 4.78 is 0. The molecule has 0 bridgehead atoms. The molecule has 0 spiro atoms. The molecule has 5 nitrogen and oxygen atoms in total. The van der Waals surface area contributed by atoms with E-state index >= 15 is 0 Å². The van der Waals surface area contributed by atoms with Crippen LogP contribution in [-0.4, -0.2) is 19.9 Å². The lowest BCUT2D eigenvalue weighted by Gasteiger charge is -2.15. The van der Waals surface area contributed by atoms with Gasteiger partial charge in [-0.2, -0.15) is 0 Å². The van der Waals surface area contributed by atoms with Crippen molar-refractivity contribution in [2.75, 3.05) is 0 Å². The number of thioether (sulfide) groups is 1. The number of benzene rings is 3. The summed E-state index contributed by atoms with van der Waals surface area (Å²) in [7, 11) is 0. The van der Waals surface area contributed by atoms with E-state index in [2.05, 4.69) is 15.0 Å². The van der Waals surface area contributed by atoms with E-state index in [0.717, 1.165) is 32.8 Å². The average Bonchev–Trinajstić information content (AvgIpc) is 3.15. The van der Waals surface area contributed by atoms with Gasteiger partial charge in [0.25, 0.3) is 5.56 Å². The highest BCUT2D eigenvalue weighted by molar-refractivity contribution is 7.99. The van der Waals surface area contributed by atoms with Crippen molar-refractivity contribution in [1.82, 2.24) is 19.9 Å². The van der Waals surface area contributed by atoms with Crippen LogP contribution in [0.25, 0.3) is 22.1 Å². The van der Waals surface area contributed by atoms with E-state index in [9.17, 15) is 4.79 Å². The van der Waals surface area contributed by atoms with Crippen LogP contribution in [0.1, 0.15) is 16.5 Å². The molecule has 0 aliphatic carbocycles. The molecule has 0 amide bonds. The molecule has 0 fully saturated rings. The lowest BCUT2D eigenvalue weighted by molar-refractivity contribution is 0.989. The summed E-state index contributed by atoms with van der Waals surface area (Å²) in [6.07, 6.45) is 0. The molecule has 0 aliphatic rings. The lowest BCUT2D eigenvalue weighted by Crippen LogP contribution is -2.18. The van der Waals surface area contributed by atoms with Crippen molar-refractivity contribution in [3.63, 3.8) is 0 Å². The van der Waals surface area contributed by atoms with E-state index in [-0.39, 0.29) is 10.8 Å². The van der Waals surface area contributed by atoms with Crippen molar-refractivity contribution in [2.45, 2.75) is 10.4 Å². The first kappa shape index (κ1) is 16.8. The first-order chi connectivity index (χ1) is 13.8. The fourth-order valence-corrected chi connectivity index (χ4v) is 4.34. The van der Waals surface area contributed by atoms with Crippen molar-refractivity contribution < 1.29 is 0 Å². The third kappa shape index (κ3) is 3.08. The number of fused-ring (bicyclic) bond motifs is 2. The summed E-state index contributed by atoms with van der Waals surface area (Å²) in [5.41, 5.74) is 4.65. The summed E-state index contributed by atoms with van der Waals surface area (Å²) in [5, 5.41) is 0.472. The van der Waals surface area contributed by atoms with E-state index in [4.69, 9.17) is 4.98 Å². The first-order valence-corrected chi connectivity index (χ1v) is 9.81. The first-order valence-electron chi connectivity index (χ1n) is 8.93. The molecule has 0 radical (unpaired) electrons. The van der Waals surface area contributed by atoms with Crippen molar-refractivity contribution in [3.8, 4) is 0 Å². The molecule has 0 saturated heterocycles. The van der Waals surface area contributed by atoms with Crippen LogP contribution in [0.15, 0.2) is 88.8 Å². The number of nitrogens with one attached hydrogen (secondary N) is 2. The third-order valence-corrected chi connectivity index (χ3v) is 5.72. The quantitative estimate of drug-likeness (QED) is 0.441. The van der Waals surface area contributed by atoms with Gasteiger partial charge in [-0.1, -0.05) is 66.4 Å². The zero-order valence-electron chi connectivity index (χ0n) is 14.8. The zero-order valence-corrected chi connectivity index (χ0v) is 15.6. The Kier molecular flexibility index (Phi) is 4.18. The van der Waals surface area contributed by atoms with Gasteiger partial charge in [-0.05, 0) is 29.8 Å². The Hall–Kier alpha value is -3.38. The molecule has 6 heteroatoms. The van der Waals surface area contributed by atoms with Gasteiger partial charge in [-0.3, -0.25) is 4.79 Å². The second kappa shape index (κ2) is 6.98. The summed E-state index contributed by atoms with van der Waals surface area (Å²) in [6.45, 7) is 0. The monoisotopic (exact) mass is 384 g/mol. The topological polar surface area (TPSA) is 74.4 Å². The maximum atomic E-state index is 12.8. The summed E-state index contributed by atoms with van der Waals surface area (Å²) in [4.78, 5) is 28.5. The summed E-state index contributed by atoms with van der Waals surface area (Å²) in [6, 6.07) is 25.4. The van der Waals surface area contributed by atoms with Crippen LogP contribution >= 0.6 is 11.8 Å². The number of imidazole rings is 1. The average molecular weight is 384 g/mol. The summed E-state index contributed by atoms with van der Waals surface area (Å²) >= 11 is 1.49. The van der Waals surface area contributed by atoms with Gasteiger partial charge in [-0.15, -0.1) is 0 Å². The van der Waals surface area contributed by atoms with E-state index in [1.807, 2.05) is 78.9 Å². The van der Waals surface area contributed by atoms with Gasteiger partial charge in [0.05, 0.1) is 27.3 Å². The molecule has 2 N–H and O–H groups in total. The fourth-order valence-electron chi connectivity index (χ4n) is 3.23. The normalized spacial score (nSPS) is 12.4. The molecule has 0 unspecified atom stereocenters. The van der Waals surface area contributed by atoms with Gasteiger partial charge in [0, 0.05) is 0 Å². The number of aromatic nitrogens is 4. The highest BCUT2D eigenvalue weighted by Gasteiger charge is 2.23. The smallest absolute Gasteiger partial charge is 0.271 e. The van der Waals surface area contributed by atoms with Crippen LogP contribution in [0.5, 0.6) is 0 Å². The number of rotatable bonds is 4. The van der Waals surface area contributed by atoms with Gasteiger partial charge in [-0.25, -0.2) is 9.97 Å². The maximum Gasteiger partial charge on any atom is 0.271 e. The van der Waals surface area contributed by atoms with Crippen molar-refractivity contribution in [3.05, 3.63) is 100 Å². The van der Waals surface area contributed by atoms with Gasteiger partial charge in [0.1, 0.15) is 5.69 Å². The Bertz CT molecular complexity index is 1290. The summed E-state index contributed by atoms with van der Waals surface area (Å²) in [5.74, 6) is 0. The maximum absolute atomic E-state index is 12.8. The van der Waals surface area contributed by atoms with Gasteiger partial charge >= 0.3 is 0 Å². The molecule has 5 aromatic rings. The third-order valence-electron chi connectivity index (χ3n) is 4.57. The Morgan fingerprint density at radius 2 is 1.32 bits per heavy atom. The Morgan fingerprint density at radius 1 is 0.714 bits per heavy atom. The lowest BCUT2D eigenvalue weighted by atomic mass is 10.1. The molecular weight excluding hydrogens is 368 g/mol. The van der Waals surface area contributed by atoms with Crippen LogP contribution in [-0.2, 0) is 0 Å². The minimum atomic E-state index is -0.282. The molecule has 28 heavy (non-hydrogen) atoms. The highest BCUT2D eigenvalue weighted by atomic mass is 32.2. The SMILES string of the molecule is O=c1[nH]c2ccccc2nc1[C@H](Sc1nc2ccccc2[nH]1)c1ccccc1. The number of nitrogens with zero attached hydrogens (tertiary/aromatic N) is 2. The largest absolute Gasteiger partial charge is 0.333 e. The van der Waals surface area contributed by atoms with E-state index in [0.29, 0.717) is 5.69 Å². The second-order valence-corrected chi connectivity index (χ2v) is 7.53. The van der Waals surface area contributed by atoms with Crippen LogP contribution in [0.3, 0.4) is 0 Å². The number of hydrogen-bond acceptors (Lipinski definition) is 4. The molecule has 3 aromatic carbocycles. The molecule has 5 rings (SSSR count). The number of para-hydroxylation sites is 4. The van der Waals surface area contributed by atoms with Crippen LogP contribution in [0.2, 0.25) is 0 Å². The molecule has 0 aliphatic heterocycles. The molecule has 2 heterocycles. The fraction of sp³-hybridized carbons (Fsp3) is 0.0455. The standard InChI is InChI=1S/C22H16N4OS/c27-21-19(23-15-10-4-5-11-16(15)24-21)20(14-8-2-1-3-9-14)28-22-25-17-12-6-7-13-18(17)26-22/h1-13,20H,(H,24,27)(H,25,26)/t20-/m1/s1. The van der Waals surface area contributed by atoms with Crippen LogP contribution in [0.4, 0.5) is 0 Å². The molecule has 0 saturated carbocycles. The van der Waals surface area contributed by atoms with Gasteiger partial charge in [0.15, 0.2) is 5.16 Å². The second-order valence-electron chi connectivity index (χ2n) is 6.44. The minimum absolute atomic E-state index is 0.184. The molecular formula is C22H16N4OS. The predicted octanol–water partition coefficient (Wildman–Crippen LogP) is 4.68. The van der Waals surface area contributed by atoms with Crippen molar-refractivity contribution >= 4 is 33.8 Å². The zero-order chi connectivity index (χ0) is 18.9. The minimum Gasteiger partial charge on any atom is -0.333 e. The van der Waals surface area contributed by atoms with E-state index < -0.39 is 0 Å². The Morgan fingerprint density at radius 3 is 2.04 bits per heavy atom. The predicted molar refractivity (Wildman–Crippen MR) is 113 cm³/mol. The number of H-pyrrole nitrogens is 2. The number of aromatic amines is 2. The van der Waals surface area contributed by atoms with E-state index in [1.165, 1.54) is 11.8 Å². The van der Waals surface area contributed by atoms with Crippen LogP contribution < -0.4 is 5.56 Å². The molecule has 1 atom stereocenters. The van der Waals surface area contributed by atoms with Gasteiger partial charge < -0.3 is 9.97 Å². The Labute approximate surface area is 164 Å². The number of hydrogen-bond donors (Lipinski definition) is 2. The molecule has 136 valence electrons. The molecule has 2 aromatic heterocycles. The van der Waals surface area contributed by atoms with Gasteiger partial charge in [0.2, 0.25) is 0 Å². The Balaban J connectivity index is 1.64. The highest BCUT2D eigenvalue weighted by Crippen LogP contribution is 2.38. The van der Waals surface area contributed by atoms with Crippen LogP contribution in [0, 0.1) is 0 Å². The van der Waals surface area contributed by atoms with Crippen molar-refractivity contribution in [2.24, 2.45) is 0 Å². The van der Waals surface area contributed by atoms with Crippen molar-refractivity contribution in [1.29, 1.82) is 0 Å². The van der Waals surface area contributed by atoms with E-state index in [1.54, 1.807) is 0 Å².